The fourth-order valence-electron chi connectivity index (χ4n) is 4.27. The number of hydrogen-bond acceptors (Lipinski definition) is 5. The Morgan fingerprint density at radius 1 is 1.03 bits per heavy atom. The third-order valence-electron chi connectivity index (χ3n) is 5.99. The second kappa shape index (κ2) is 11.6. The molecule has 3 aromatic rings. The van der Waals surface area contributed by atoms with E-state index < -0.39 is 5.97 Å². The number of rotatable bonds is 11. The monoisotopic (exact) mass is 489 g/mol. The van der Waals surface area contributed by atoms with E-state index in [1.807, 2.05) is 60.7 Å². The van der Waals surface area contributed by atoms with E-state index >= 15 is 0 Å². The molecule has 7 heteroatoms. The zero-order chi connectivity index (χ0) is 25.5. The van der Waals surface area contributed by atoms with Gasteiger partial charge in [0.05, 0.1) is 6.04 Å². The van der Waals surface area contributed by atoms with Crippen LogP contribution in [0.2, 0.25) is 0 Å². The quantitative estimate of drug-likeness (QED) is 0.368. The second-order valence-corrected chi connectivity index (χ2v) is 9.22. The summed E-state index contributed by atoms with van der Waals surface area (Å²) in [7, 11) is 0. The van der Waals surface area contributed by atoms with Crippen molar-refractivity contribution in [1.29, 1.82) is 0 Å². The van der Waals surface area contributed by atoms with Crippen LogP contribution in [-0.4, -0.2) is 23.8 Å². The zero-order valence-corrected chi connectivity index (χ0v) is 20.5. The van der Waals surface area contributed by atoms with Gasteiger partial charge in [-0.15, -0.1) is 0 Å². The Bertz CT molecular complexity index is 1210. The molecule has 0 spiro atoms. The predicted molar refractivity (Wildman–Crippen MR) is 135 cm³/mol. The summed E-state index contributed by atoms with van der Waals surface area (Å²) >= 11 is 0. The summed E-state index contributed by atoms with van der Waals surface area (Å²) in [5.74, 6) is 1.19. The molecule has 0 aromatic heterocycles. The first kappa shape index (κ1) is 25.1. The summed E-state index contributed by atoms with van der Waals surface area (Å²) in [6, 6.07) is 20.3. The van der Waals surface area contributed by atoms with Gasteiger partial charge in [-0.25, -0.2) is 0 Å². The summed E-state index contributed by atoms with van der Waals surface area (Å²) < 4.78 is 17.1. The highest BCUT2D eigenvalue weighted by molar-refractivity contribution is 5.96. The van der Waals surface area contributed by atoms with Crippen LogP contribution in [0.4, 0.5) is 0 Å². The molecule has 188 valence electrons. The van der Waals surface area contributed by atoms with Crippen LogP contribution >= 0.6 is 0 Å². The summed E-state index contributed by atoms with van der Waals surface area (Å²) in [6.45, 7) is 4.63. The van der Waals surface area contributed by atoms with Crippen molar-refractivity contribution in [2.75, 3.05) is 6.79 Å². The van der Waals surface area contributed by atoms with Crippen molar-refractivity contribution in [2.24, 2.45) is 5.92 Å². The lowest BCUT2D eigenvalue weighted by molar-refractivity contribution is -0.136. The third-order valence-corrected chi connectivity index (χ3v) is 5.99. The molecule has 1 amide bonds. The lowest BCUT2D eigenvalue weighted by Gasteiger charge is -2.23. The molecule has 36 heavy (non-hydrogen) atoms. The molecule has 1 unspecified atom stereocenters. The topological polar surface area (TPSA) is 94.1 Å². The number of ether oxygens (including phenoxy) is 3. The van der Waals surface area contributed by atoms with Gasteiger partial charge in [0.1, 0.15) is 12.4 Å². The van der Waals surface area contributed by atoms with Crippen molar-refractivity contribution in [2.45, 2.75) is 45.8 Å². The van der Waals surface area contributed by atoms with E-state index in [0.717, 1.165) is 16.9 Å². The maximum Gasteiger partial charge on any atom is 0.303 e. The molecule has 1 aliphatic rings. The van der Waals surface area contributed by atoms with E-state index in [0.29, 0.717) is 35.0 Å². The SMILES string of the molecule is CC(C)CC(NC(=O)c1cc(COc2ccccc2)ccc1CCC(=O)O)c1cccc2c1OCO2. The van der Waals surface area contributed by atoms with Crippen molar-refractivity contribution in [3.8, 4) is 17.2 Å². The zero-order valence-electron chi connectivity index (χ0n) is 20.5. The van der Waals surface area contributed by atoms with Gasteiger partial charge in [0, 0.05) is 17.5 Å². The van der Waals surface area contributed by atoms with Crippen molar-refractivity contribution in [3.05, 3.63) is 89.0 Å². The van der Waals surface area contributed by atoms with Crippen molar-refractivity contribution in [1.82, 2.24) is 5.32 Å². The Morgan fingerprint density at radius 3 is 2.58 bits per heavy atom. The molecule has 0 aliphatic carbocycles. The Labute approximate surface area is 211 Å². The molecule has 1 atom stereocenters. The molecular formula is C29H31NO6. The van der Waals surface area contributed by atoms with E-state index in [4.69, 9.17) is 14.2 Å². The van der Waals surface area contributed by atoms with E-state index in [1.165, 1.54) is 0 Å². The van der Waals surface area contributed by atoms with Crippen LogP contribution < -0.4 is 19.5 Å². The van der Waals surface area contributed by atoms with E-state index in [9.17, 15) is 14.7 Å². The number of amides is 1. The fourth-order valence-corrected chi connectivity index (χ4v) is 4.27. The first-order chi connectivity index (χ1) is 17.4. The highest BCUT2D eigenvalue weighted by Gasteiger charge is 2.26. The molecule has 4 rings (SSSR count). The molecule has 2 N–H and O–H groups in total. The molecular weight excluding hydrogens is 458 g/mol. The Morgan fingerprint density at radius 2 is 1.83 bits per heavy atom. The normalized spacial score (nSPS) is 12.9. The number of fused-ring (bicyclic) bond motifs is 1. The Kier molecular flexibility index (Phi) is 8.10. The van der Waals surface area contributed by atoms with Gasteiger partial charge in [-0.05, 0) is 54.2 Å². The molecule has 0 radical (unpaired) electrons. The van der Waals surface area contributed by atoms with Crippen molar-refractivity contribution in [3.63, 3.8) is 0 Å². The Balaban J connectivity index is 1.60. The molecule has 0 saturated heterocycles. The standard InChI is InChI=1S/C29H31NO6/c1-19(2)15-25(23-9-6-10-26-28(23)36-18-35-26)30-29(33)24-16-20(11-12-21(24)13-14-27(31)32)17-34-22-7-4-3-5-8-22/h3-12,16,19,25H,13-15,17-18H2,1-2H3,(H,30,33)(H,31,32). The predicted octanol–water partition coefficient (Wildman–Crippen LogP) is 5.53. The first-order valence-electron chi connectivity index (χ1n) is 12.1. The number of carbonyl (C=O) groups excluding carboxylic acids is 1. The van der Waals surface area contributed by atoms with Crippen molar-refractivity contribution < 1.29 is 28.9 Å². The number of aryl methyl sites for hydroxylation is 1. The Hall–Kier alpha value is -4.00. The fraction of sp³-hybridized carbons (Fsp3) is 0.310. The lowest BCUT2D eigenvalue weighted by Crippen LogP contribution is -2.30. The summed E-state index contributed by atoms with van der Waals surface area (Å²) in [4.78, 5) is 24.9. The molecule has 1 aliphatic heterocycles. The van der Waals surface area contributed by atoms with E-state index in [1.54, 1.807) is 6.07 Å². The van der Waals surface area contributed by atoms with Crippen molar-refractivity contribution >= 4 is 11.9 Å². The van der Waals surface area contributed by atoms with Crippen LogP contribution in [-0.2, 0) is 17.8 Å². The van der Waals surface area contributed by atoms with Gasteiger partial charge >= 0.3 is 5.97 Å². The number of carbonyl (C=O) groups is 2. The second-order valence-electron chi connectivity index (χ2n) is 9.22. The van der Waals surface area contributed by atoms with Gasteiger partial charge in [0.25, 0.3) is 5.91 Å². The maximum absolute atomic E-state index is 13.6. The summed E-state index contributed by atoms with van der Waals surface area (Å²) in [5.41, 5.74) is 2.81. The minimum atomic E-state index is -0.910. The molecule has 0 bridgehead atoms. The van der Waals surface area contributed by atoms with E-state index in [-0.39, 0.29) is 38.2 Å². The third kappa shape index (κ3) is 6.36. The largest absolute Gasteiger partial charge is 0.489 e. The van der Waals surface area contributed by atoms with Gasteiger partial charge in [0.15, 0.2) is 11.5 Å². The lowest BCUT2D eigenvalue weighted by atomic mass is 9.94. The first-order valence-corrected chi connectivity index (χ1v) is 12.1. The minimum Gasteiger partial charge on any atom is -0.489 e. The highest BCUT2D eigenvalue weighted by atomic mass is 16.7. The van der Waals surface area contributed by atoms with Gasteiger partial charge in [-0.2, -0.15) is 0 Å². The number of benzene rings is 3. The number of hydrogen-bond donors (Lipinski definition) is 2. The van der Waals surface area contributed by atoms with Crippen LogP contribution in [0, 0.1) is 5.92 Å². The molecule has 3 aromatic carbocycles. The number of para-hydroxylation sites is 2. The summed E-state index contributed by atoms with van der Waals surface area (Å²) in [6.07, 6.45) is 0.893. The minimum absolute atomic E-state index is 0.0626. The van der Waals surface area contributed by atoms with Gasteiger partial charge in [0.2, 0.25) is 6.79 Å². The van der Waals surface area contributed by atoms with Gasteiger partial charge in [-0.1, -0.05) is 56.3 Å². The summed E-state index contributed by atoms with van der Waals surface area (Å²) in [5, 5.41) is 12.4. The molecule has 0 saturated carbocycles. The van der Waals surface area contributed by atoms with Crippen LogP contribution in [0.5, 0.6) is 17.2 Å². The molecule has 0 fully saturated rings. The van der Waals surface area contributed by atoms with Crippen LogP contribution in [0.15, 0.2) is 66.7 Å². The molecule has 1 heterocycles. The van der Waals surface area contributed by atoms with Crippen LogP contribution in [0.25, 0.3) is 0 Å². The van der Waals surface area contributed by atoms with Crippen LogP contribution in [0.1, 0.15) is 59.8 Å². The van der Waals surface area contributed by atoms with Gasteiger partial charge < -0.3 is 24.6 Å². The van der Waals surface area contributed by atoms with E-state index in [2.05, 4.69) is 19.2 Å². The number of carboxylic acids is 1. The molecule has 7 nitrogen and oxygen atoms in total. The number of carboxylic acid groups (broad SMARTS) is 1. The smallest absolute Gasteiger partial charge is 0.303 e. The average Bonchev–Trinajstić information content (AvgIpc) is 3.35. The number of aliphatic carboxylic acids is 1. The maximum atomic E-state index is 13.6. The average molecular weight is 490 g/mol. The van der Waals surface area contributed by atoms with Gasteiger partial charge in [-0.3, -0.25) is 9.59 Å². The van der Waals surface area contributed by atoms with Crippen LogP contribution in [0.3, 0.4) is 0 Å². The highest BCUT2D eigenvalue weighted by Crippen LogP contribution is 2.40. The number of nitrogens with one attached hydrogen (secondary N) is 1.